The molecular weight excluding hydrogens is 172 g/mol. The summed E-state index contributed by atoms with van der Waals surface area (Å²) >= 11 is 0. The molecule has 0 aromatic heterocycles. The van der Waals surface area contributed by atoms with Crippen molar-refractivity contribution in [3.63, 3.8) is 0 Å². The molecule has 4 aliphatic rings. The third-order valence-corrected chi connectivity index (χ3v) is 5.92. The van der Waals surface area contributed by atoms with Crippen molar-refractivity contribution >= 4 is 5.78 Å². The maximum Gasteiger partial charge on any atom is 0.145 e. The van der Waals surface area contributed by atoms with E-state index in [0.29, 0.717) is 17.1 Å². The second kappa shape index (κ2) is 1.96. The molecular formula is C13H20O. The van der Waals surface area contributed by atoms with E-state index in [2.05, 4.69) is 27.7 Å². The first-order valence-corrected chi connectivity index (χ1v) is 5.94. The Morgan fingerprint density at radius 3 is 2.36 bits per heavy atom. The van der Waals surface area contributed by atoms with E-state index in [-0.39, 0.29) is 10.8 Å². The van der Waals surface area contributed by atoms with Gasteiger partial charge in [-0.3, -0.25) is 4.79 Å². The minimum atomic E-state index is 0.0494. The van der Waals surface area contributed by atoms with Crippen molar-refractivity contribution in [2.24, 2.45) is 28.1 Å². The van der Waals surface area contributed by atoms with Gasteiger partial charge in [0.05, 0.1) is 0 Å². The molecule has 0 aromatic carbocycles. The molecule has 0 heterocycles. The van der Waals surface area contributed by atoms with Crippen LogP contribution >= 0.6 is 0 Å². The fourth-order valence-electron chi connectivity index (χ4n) is 5.27. The Labute approximate surface area is 86.3 Å². The molecule has 4 atom stereocenters. The molecule has 4 aliphatic carbocycles. The van der Waals surface area contributed by atoms with Gasteiger partial charge in [-0.15, -0.1) is 0 Å². The molecule has 0 amide bonds. The van der Waals surface area contributed by atoms with E-state index in [1.807, 2.05) is 0 Å². The first-order chi connectivity index (χ1) is 6.39. The van der Waals surface area contributed by atoms with Crippen LogP contribution in [0.15, 0.2) is 0 Å². The lowest BCUT2D eigenvalue weighted by molar-refractivity contribution is -0.133. The largest absolute Gasteiger partial charge is 0.298 e. The lowest BCUT2D eigenvalue weighted by Gasteiger charge is -2.36. The van der Waals surface area contributed by atoms with Crippen LogP contribution < -0.4 is 0 Å². The van der Waals surface area contributed by atoms with Crippen molar-refractivity contribution in [2.75, 3.05) is 0 Å². The Balaban J connectivity index is 2.13. The summed E-state index contributed by atoms with van der Waals surface area (Å²) in [5.41, 5.74) is 0.527. The van der Waals surface area contributed by atoms with E-state index in [1.54, 1.807) is 0 Å². The van der Waals surface area contributed by atoms with Gasteiger partial charge in [-0.1, -0.05) is 27.7 Å². The van der Waals surface area contributed by atoms with Crippen molar-refractivity contribution in [3.8, 4) is 0 Å². The number of ketones is 1. The molecule has 4 fully saturated rings. The van der Waals surface area contributed by atoms with Crippen LogP contribution in [-0.2, 0) is 4.79 Å². The average Bonchev–Trinajstić information content (AvgIpc) is 2.61. The normalized spacial score (nSPS) is 59.5. The molecule has 0 unspecified atom stereocenters. The topological polar surface area (TPSA) is 17.1 Å². The van der Waals surface area contributed by atoms with Crippen molar-refractivity contribution in [3.05, 3.63) is 0 Å². The van der Waals surface area contributed by atoms with Gasteiger partial charge in [-0.25, -0.2) is 0 Å². The molecule has 0 spiro atoms. The number of hydrogen-bond acceptors (Lipinski definition) is 1. The van der Waals surface area contributed by atoms with Gasteiger partial charge in [0, 0.05) is 10.8 Å². The summed E-state index contributed by atoms with van der Waals surface area (Å²) < 4.78 is 0. The van der Waals surface area contributed by atoms with Gasteiger partial charge in [-0.05, 0) is 36.5 Å². The Hall–Kier alpha value is -0.330. The van der Waals surface area contributed by atoms with Crippen LogP contribution in [0.1, 0.15) is 47.0 Å². The lowest BCUT2D eigenvalue weighted by atomic mass is 9.67. The summed E-state index contributed by atoms with van der Waals surface area (Å²) in [5, 5.41) is 0. The van der Waals surface area contributed by atoms with Crippen LogP contribution in [0.4, 0.5) is 0 Å². The summed E-state index contributed by atoms with van der Waals surface area (Å²) in [7, 11) is 0. The number of hydrogen-bond donors (Lipinski definition) is 0. The zero-order valence-electron chi connectivity index (χ0n) is 9.68. The van der Waals surface area contributed by atoms with E-state index in [9.17, 15) is 4.79 Å². The average molecular weight is 192 g/mol. The Kier molecular flexibility index (Phi) is 1.25. The second-order valence-corrected chi connectivity index (χ2v) is 6.56. The monoisotopic (exact) mass is 192 g/mol. The number of fused-ring (bicyclic) bond motifs is 1. The zero-order valence-corrected chi connectivity index (χ0v) is 9.68. The summed E-state index contributed by atoms with van der Waals surface area (Å²) in [6, 6.07) is 0. The van der Waals surface area contributed by atoms with Crippen LogP contribution in [0.25, 0.3) is 0 Å². The van der Waals surface area contributed by atoms with E-state index in [1.165, 1.54) is 12.8 Å². The van der Waals surface area contributed by atoms with Gasteiger partial charge in [0.25, 0.3) is 0 Å². The van der Waals surface area contributed by atoms with Crippen molar-refractivity contribution in [1.82, 2.24) is 0 Å². The minimum Gasteiger partial charge on any atom is -0.298 e. The number of carbonyl (C=O) groups is 1. The molecule has 0 N–H and O–H groups in total. The molecule has 0 aliphatic heterocycles. The Morgan fingerprint density at radius 1 is 1.36 bits per heavy atom. The molecule has 0 aromatic rings. The summed E-state index contributed by atoms with van der Waals surface area (Å²) in [4.78, 5) is 12.4. The molecule has 0 radical (unpaired) electrons. The van der Waals surface area contributed by atoms with Gasteiger partial charge < -0.3 is 0 Å². The minimum absolute atomic E-state index is 0.0494. The van der Waals surface area contributed by atoms with Gasteiger partial charge in [0.15, 0.2) is 0 Å². The van der Waals surface area contributed by atoms with Gasteiger partial charge >= 0.3 is 0 Å². The summed E-state index contributed by atoms with van der Waals surface area (Å²) in [6.45, 7) is 9.06. The highest BCUT2D eigenvalue weighted by Crippen LogP contribution is 2.86. The van der Waals surface area contributed by atoms with Crippen molar-refractivity contribution < 1.29 is 4.79 Å². The van der Waals surface area contributed by atoms with Crippen molar-refractivity contribution in [1.29, 1.82) is 0 Å². The summed E-state index contributed by atoms with van der Waals surface area (Å²) in [5.74, 6) is 2.00. The van der Waals surface area contributed by atoms with E-state index >= 15 is 0 Å². The maximum absolute atomic E-state index is 12.4. The van der Waals surface area contributed by atoms with E-state index in [4.69, 9.17) is 0 Å². The quantitative estimate of drug-likeness (QED) is 0.624. The van der Waals surface area contributed by atoms with E-state index in [0.717, 1.165) is 12.3 Å². The molecule has 4 saturated carbocycles. The van der Waals surface area contributed by atoms with Gasteiger partial charge in [0.2, 0.25) is 0 Å². The SMILES string of the molecule is CC(C)[C@@]12C[C@@]3(C)CC[C@@H]1[C@]2(C)C3=O. The third kappa shape index (κ3) is 0.561. The van der Waals surface area contributed by atoms with Crippen LogP contribution in [0, 0.1) is 28.1 Å². The number of Topliss-reactive ketones (excluding diaryl/α,β-unsaturated/α-hetero) is 1. The molecule has 4 rings (SSSR count). The maximum atomic E-state index is 12.4. The third-order valence-electron chi connectivity index (χ3n) is 5.92. The fraction of sp³-hybridized carbons (Fsp3) is 0.923. The first-order valence-electron chi connectivity index (χ1n) is 5.94. The number of carbonyl (C=O) groups excluding carboxylic acids is 1. The highest BCUT2D eigenvalue weighted by molar-refractivity contribution is 5.98. The highest BCUT2D eigenvalue weighted by atomic mass is 16.1. The molecule has 1 heteroatoms. The standard InChI is InChI=1S/C13H20O/c1-8(2)13-7-11(3)6-5-9(13)12(13,4)10(11)14/h8-9H,5-7H2,1-4H3/t9-,11-,12-,13+/m1/s1. The Bertz CT molecular complexity index is 332. The molecule has 4 bridgehead atoms. The molecule has 0 saturated heterocycles. The molecule has 78 valence electrons. The van der Waals surface area contributed by atoms with Crippen molar-refractivity contribution in [2.45, 2.75) is 47.0 Å². The Morgan fingerprint density at radius 2 is 2.00 bits per heavy atom. The van der Waals surface area contributed by atoms with Gasteiger partial charge in [0.1, 0.15) is 5.78 Å². The zero-order chi connectivity index (χ0) is 10.4. The fourth-order valence-corrected chi connectivity index (χ4v) is 5.27. The predicted molar refractivity (Wildman–Crippen MR) is 55.8 cm³/mol. The van der Waals surface area contributed by atoms with Crippen LogP contribution in [-0.4, -0.2) is 5.78 Å². The number of rotatable bonds is 1. The van der Waals surface area contributed by atoms with Gasteiger partial charge in [-0.2, -0.15) is 0 Å². The van der Waals surface area contributed by atoms with Crippen LogP contribution in [0.5, 0.6) is 0 Å². The highest BCUT2D eigenvalue weighted by Gasteiger charge is 2.86. The van der Waals surface area contributed by atoms with E-state index < -0.39 is 0 Å². The molecule has 1 nitrogen and oxygen atoms in total. The predicted octanol–water partition coefficient (Wildman–Crippen LogP) is 3.04. The lowest BCUT2D eigenvalue weighted by Crippen LogP contribution is -2.35. The molecule has 14 heavy (non-hydrogen) atoms. The van der Waals surface area contributed by atoms with Crippen LogP contribution in [0.3, 0.4) is 0 Å². The first kappa shape index (κ1) is 8.94. The van der Waals surface area contributed by atoms with Crippen LogP contribution in [0.2, 0.25) is 0 Å². The smallest absolute Gasteiger partial charge is 0.145 e. The summed E-state index contributed by atoms with van der Waals surface area (Å²) in [6.07, 6.45) is 3.63. The second-order valence-electron chi connectivity index (χ2n) is 6.56.